The summed E-state index contributed by atoms with van der Waals surface area (Å²) in [5.41, 5.74) is 0. The zero-order valence-electron chi connectivity index (χ0n) is 26.0. The second-order valence-electron chi connectivity index (χ2n) is 11.8. The lowest BCUT2D eigenvalue weighted by Crippen LogP contribution is -2.45. The van der Waals surface area contributed by atoms with Crippen molar-refractivity contribution in [1.82, 2.24) is 5.32 Å². The number of nitrogens with one attached hydrogen (secondary N) is 1. The molecule has 0 radical (unpaired) electrons. The van der Waals surface area contributed by atoms with Crippen molar-refractivity contribution in [2.45, 2.75) is 193 Å². The third kappa shape index (κ3) is 27.0. The summed E-state index contributed by atoms with van der Waals surface area (Å²) in [4.78, 5) is 12.3. The predicted molar refractivity (Wildman–Crippen MR) is 167 cm³/mol. The summed E-state index contributed by atoms with van der Waals surface area (Å²) in [6, 6.07) is -0.736. The molecule has 0 bridgehead atoms. The highest BCUT2D eigenvalue weighted by atomic mass is 16.3. The molecule has 0 aliphatic rings. The van der Waals surface area contributed by atoms with Crippen molar-refractivity contribution in [3.05, 3.63) is 12.2 Å². The highest BCUT2D eigenvalue weighted by Gasteiger charge is 2.20. The molecule has 0 aromatic rings. The van der Waals surface area contributed by atoms with Crippen molar-refractivity contribution in [1.29, 1.82) is 0 Å². The topological polar surface area (TPSA) is 89.8 Å². The molecular weight excluding hydrogens is 486 g/mol. The molecule has 39 heavy (non-hydrogen) atoms. The van der Waals surface area contributed by atoms with E-state index < -0.39 is 18.2 Å². The van der Waals surface area contributed by atoms with Crippen molar-refractivity contribution >= 4 is 5.91 Å². The van der Waals surface area contributed by atoms with Gasteiger partial charge in [-0.15, -0.1) is 0 Å². The molecule has 0 aliphatic carbocycles. The third-order valence-electron chi connectivity index (χ3n) is 7.82. The molecular formula is C34H67NO4. The minimum atomic E-state index is -0.921. The maximum absolute atomic E-state index is 12.3. The van der Waals surface area contributed by atoms with E-state index in [4.69, 9.17) is 0 Å². The van der Waals surface area contributed by atoms with Crippen molar-refractivity contribution in [2.24, 2.45) is 0 Å². The Hall–Kier alpha value is -0.910. The number of carbonyl (C=O) groups is 1. The van der Waals surface area contributed by atoms with E-state index in [0.29, 0.717) is 6.42 Å². The van der Waals surface area contributed by atoms with Crippen LogP contribution in [0, 0.1) is 0 Å². The summed E-state index contributed by atoms with van der Waals surface area (Å²) in [6.07, 6.45) is 31.9. The Morgan fingerprint density at radius 1 is 0.641 bits per heavy atom. The molecule has 0 aromatic carbocycles. The van der Waals surface area contributed by atoms with Crippen LogP contribution in [0.3, 0.4) is 0 Å². The van der Waals surface area contributed by atoms with Gasteiger partial charge in [0.25, 0.3) is 0 Å². The van der Waals surface area contributed by atoms with Gasteiger partial charge < -0.3 is 20.6 Å². The minimum Gasteiger partial charge on any atom is -0.394 e. The van der Waals surface area contributed by atoms with Gasteiger partial charge in [0, 0.05) is 0 Å². The zero-order valence-corrected chi connectivity index (χ0v) is 26.0. The Kier molecular flexibility index (Phi) is 29.4. The standard InChI is InChI=1S/C34H67NO4/c1-3-5-7-9-11-13-15-16-17-18-20-22-24-26-28-33(38)32(30-36)35-34(39)29-31(37)27-25-23-21-19-14-12-10-8-6-4-2/h26,28,31-33,36-38H,3-25,27,29-30H2,1-2H3,(H,35,39)/b28-26+. The van der Waals surface area contributed by atoms with Crippen LogP contribution in [-0.2, 0) is 4.79 Å². The normalized spacial score (nSPS) is 14.1. The van der Waals surface area contributed by atoms with Gasteiger partial charge in [-0.05, 0) is 19.3 Å². The summed E-state index contributed by atoms with van der Waals surface area (Å²) >= 11 is 0. The Labute approximate surface area is 242 Å². The lowest BCUT2D eigenvalue weighted by atomic mass is 10.0. The number of aliphatic hydroxyl groups excluding tert-OH is 3. The Morgan fingerprint density at radius 3 is 1.49 bits per heavy atom. The molecule has 232 valence electrons. The fourth-order valence-corrected chi connectivity index (χ4v) is 5.16. The predicted octanol–water partition coefficient (Wildman–Crippen LogP) is 8.53. The average Bonchev–Trinajstić information content (AvgIpc) is 2.92. The highest BCUT2D eigenvalue weighted by Crippen LogP contribution is 2.14. The molecule has 5 nitrogen and oxygen atoms in total. The maximum Gasteiger partial charge on any atom is 0.222 e. The number of hydrogen-bond acceptors (Lipinski definition) is 4. The van der Waals surface area contributed by atoms with Crippen molar-refractivity contribution in [3.63, 3.8) is 0 Å². The Bertz CT molecular complexity index is 539. The van der Waals surface area contributed by atoms with Crippen LogP contribution in [0.15, 0.2) is 12.2 Å². The van der Waals surface area contributed by atoms with E-state index in [9.17, 15) is 20.1 Å². The monoisotopic (exact) mass is 554 g/mol. The van der Waals surface area contributed by atoms with Crippen LogP contribution in [-0.4, -0.2) is 46.1 Å². The Balaban J connectivity index is 3.77. The number of amides is 1. The van der Waals surface area contributed by atoms with Gasteiger partial charge in [-0.25, -0.2) is 0 Å². The van der Waals surface area contributed by atoms with Gasteiger partial charge in [0.1, 0.15) is 0 Å². The number of rotatable bonds is 30. The van der Waals surface area contributed by atoms with Gasteiger partial charge in [-0.1, -0.05) is 161 Å². The summed E-state index contributed by atoms with van der Waals surface area (Å²) in [6.45, 7) is 4.17. The summed E-state index contributed by atoms with van der Waals surface area (Å²) in [5.74, 6) is -0.318. The number of hydrogen-bond donors (Lipinski definition) is 4. The molecule has 0 heterocycles. The van der Waals surface area contributed by atoms with E-state index in [1.54, 1.807) is 6.08 Å². The quantitative estimate of drug-likeness (QED) is 0.0530. The minimum absolute atomic E-state index is 0.0171. The van der Waals surface area contributed by atoms with E-state index in [-0.39, 0.29) is 18.9 Å². The molecule has 1 amide bonds. The second-order valence-corrected chi connectivity index (χ2v) is 11.8. The van der Waals surface area contributed by atoms with E-state index in [1.165, 1.54) is 122 Å². The maximum atomic E-state index is 12.3. The first-order chi connectivity index (χ1) is 19.0. The van der Waals surface area contributed by atoms with Gasteiger partial charge in [-0.3, -0.25) is 4.79 Å². The van der Waals surface area contributed by atoms with Crippen LogP contribution >= 0.6 is 0 Å². The van der Waals surface area contributed by atoms with Gasteiger partial charge >= 0.3 is 0 Å². The van der Waals surface area contributed by atoms with E-state index in [2.05, 4.69) is 19.2 Å². The number of allylic oxidation sites excluding steroid dienone is 1. The molecule has 3 unspecified atom stereocenters. The fraction of sp³-hybridized carbons (Fsp3) is 0.912. The van der Waals surface area contributed by atoms with Gasteiger partial charge in [-0.2, -0.15) is 0 Å². The van der Waals surface area contributed by atoms with Gasteiger partial charge in [0.2, 0.25) is 5.91 Å². The van der Waals surface area contributed by atoms with Crippen LogP contribution in [0.4, 0.5) is 0 Å². The SMILES string of the molecule is CCCCCCCCCCCCCC/C=C/C(O)C(CO)NC(=O)CC(O)CCCCCCCCCCCC. The number of unbranched alkanes of at least 4 members (excludes halogenated alkanes) is 21. The van der Waals surface area contributed by atoms with Crippen LogP contribution < -0.4 is 5.32 Å². The third-order valence-corrected chi connectivity index (χ3v) is 7.82. The number of carbonyl (C=O) groups excluding carboxylic acids is 1. The first-order valence-electron chi connectivity index (χ1n) is 17.0. The average molecular weight is 554 g/mol. The van der Waals surface area contributed by atoms with Crippen molar-refractivity contribution in [3.8, 4) is 0 Å². The molecule has 0 aromatic heterocycles. The van der Waals surface area contributed by atoms with Crippen LogP contribution in [0.5, 0.6) is 0 Å². The zero-order chi connectivity index (χ0) is 28.8. The molecule has 3 atom stereocenters. The molecule has 0 aliphatic heterocycles. The van der Waals surface area contributed by atoms with E-state index in [0.717, 1.165) is 25.7 Å². The van der Waals surface area contributed by atoms with Crippen molar-refractivity contribution < 1.29 is 20.1 Å². The van der Waals surface area contributed by atoms with Crippen LogP contribution in [0.2, 0.25) is 0 Å². The molecule has 0 rings (SSSR count). The van der Waals surface area contributed by atoms with Gasteiger partial charge in [0.05, 0.1) is 31.3 Å². The fourth-order valence-electron chi connectivity index (χ4n) is 5.16. The lowest BCUT2D eigenvalue weighted by molar-refractivity contribution is -0.124. The first-order valence-corrected chi connectivity index (χ1v) is 17.0. The summed E-state index contributed by atoms with van der Waals surface area (Å²) in [5, 5.41) is 32.9. The first kappa shape index (κ1) is 38.1. The largest absolute Gasteiger partial charge is 0.394 e. The lowest BCUT2D eigenvalue weighted by Gasteiger charge is -2.21. The van der Waals surface area contributed by atoms with E-state index >= 15 is 0 Å². The summed E-state index contributed by atoms with van der Waals surface area (Å²) < 4.78 is 0. The molecule has 0 saturated carbocycles. The molecule has 4 N–H and O–H groups in total. The number of aliphatic hydroxyl groups is 3. The van der Waals surface area contributed by atoms with Crippen LogP contribution in [0.25, 0.3) is 0 Å². The highest BCUT2D eigenvalue weighted by molar-refractivity contribution is 5.76. The second kappa shape index (κ2) is 30.1. The van der Waals surface area contributed by atoms with Crippen LogP contribution in [0.1, 0.15) is 174 Å². The van der Waals surface area contributed by atoms with E-state index in [1.807, 2.05) is 6.08 Å². The summed E-state index contributed by atoms with van der Waals surface area (Å²) in [7, 11) is 0. The van der Waals surface area contributed by atoms with Gasteiger partial charge in [0.15, 0.2) is 0 Å². The smallest absolute Gasteiger partial charge is 0.222 e. The Morgan fingerprint density at radius 2 is 1.05 bits per heavy atom. The molecule has 0 fully saturated rings. The molecule has 0 saturated heterocycles. The van der Waals surface area contributed by atoms with Crippen molar-refractivity contribution in [2.75, 3.05) is 6.61 Å². The molecule has 5 heteroatoms. The molecule has 0 spiro atoms.